The molecule has 2 rings (SSSR count). The second-order valence-electron chi connectivity index (χ2n) is 5.10. The molecule has 0 fully saturated rings. The minimum absolute atomic E-state index is 0.0846. The quantitative estimate of drug-likeness (QED) is 0.851. The van der Waals surface area contributed by atoms with Gasteiger partial charge in [0.1, 0.15) is 5.75 Å². The lowest BCUT2D eigenvalue weighted by Crippen LogP contribution is -2.22. The molecule has 0 aliphatic rings. The van der Waals surface area contributed by atoms with Gasteiger partial charge in [-0.1, -0.05) is 13.8 Å². The molecule has 114 valence electrons. The zero-order valence-electron chi connectivity index (χ0n) is 13.3. The summed E-state index contributed by atoms with van der Waals surface area (Å²) in [7, 11) is 1.96. The number of aromatic nitrogens is 3. The van der Waals surface area contributed by atoms with Crippen molar-refractivity contribution in [1.82, 2.24) is 20.1 Å². The highest BCUT2D eigenvalue weighted by molar-refractivity contribution is 5.35. The zero-order valence-corrected chi connectivity index (χ0v) is 13.3. The number of ether oxygens (including phenoxy) is 1. The van der Waals surface area contributed by atoms with Crippen molar-refractivity contribution >= 4 is 0 Å². The lowest BCUT2D eigenvalue weighted by molar-refractivity contribution is 0.315. The fraction of sp³-hybridized carbons (Fsp3) is 0.500. The summed E-state index contributed by atoms with van der Waals surface area (Å²) in [6.07, 6.45) is 6.56. The van der Waals surface area contributed by atoms with Gasteiger partial charge in [-0.05, 0) is 31.5 Å². The number of nitrogens with zero attached hydrogens (tertiary/aromatic N) is 3. The molecule has 0 aromatic carbocycles. The Morgan fingerprint density at radius 2 is 2.10 bits per heavy atom. The number of pyridine rings is 1. The largest absolute Gasteiger partial charge is 0.492 e. The van der Waals surface area contributed by atoms with Crippen LogP contribution in [0.5, 0.6) is 5.75 Å². The van der Waals surface area contributed by atoms with Crippen LogP contribution in [0.2, 0.25) is 0 Å². The van der Waals surface area contributed by atoms with Crippen LogP contribution in [0.15, 0.2) is 24.7 Å². The Morgan fingerprint density at radius 3 is 2.71 bits per heavy atom. The third kappa shape index (κ3) is 3.61. The predicted molar refractivity (Wildman–Crippen MR) is 83.5 cm³/mol. The van der Waals surface area contributed by atoms with Gasteiger partial charge >= 0.3 is 0 Å². The molecule has 0 saturated carbocycles. The van der Waals surface area contributed by atoms with Crippen molar-refractivity contribution in [3.8, 4) is 5.75 Å². The average molecular weight is 288 g/mol. The van der Waals surface area contributed by atoms with Crippen LogP contribution in [0, 0.1) is 6.92 Å². The van der Waals surface area contributed by atoms with Gasteiger partial charge in [0.05, 0.1) is 25.0 Å². The van der Waals surface area contributed by atoms with E-state index in [0.717, 1.165) is 30.0 Å². The van der Waals surface area contributed by atoms with Gasteiger partial charge in [-0.2, -0.15) is 5.10 Å². The van der Waals surface area contributed by atoms with Gasteiger partial charge in [0.2, 0.25) is 0 Å². The normalized spacial score (nSPS) is 12.4. The van der Waals surface area contributed by atoms with Crippen LogP contribution in [0.25, 0.3) is 0 Å². The maximum absolute atomic E-state index is 5.68. The first-order valence-electron chi connectivity index (χ1n) is 7.47. The molecule has 2 aromatic heterocycles. The van der Waals surface area contributed by atoms with Gasteiger partial charge in [-0.25, -0.2) is 0 Å². The van der Waals surface area contributed by atoms with Crippen LogP contribution < -0.4 is 10.1 Å². The molecule has 0 aliphatic carbocycles. The molecule has 2 heterocycles. The number of hydrogen-bond acceptors (Lipinski definition) is 4. The minimum Gasteiger partial charge on any atom is -0.492 e. The summed E-state index contributed by atoms with van der Waals surface area (Å²) in [5.41, 5.74) is 3.43. The van der Waals surface area contributed by atoms with Crippen molar-refractivity contribution in [2.75, 3.05) is 13.2 Å². The predicted octanol–water partition coefficient (Wildman–Crippen LogP) is 2.61. The average Bonchev–Trinajstić information content (AvgIpc) is 2.83. The lowest BCUT2D eigenvalue weighted by Gasteiger charge is -2.18. The van der Waals surface area contributed by atoms with E-state index in [1.165, 1.54) is 5.56 Å². The van der Waals surface area contributed by atoms with E-state index in [1.807, 2.05) is 24.1 Å². The van der Waals surface area contributed by atoms with E-state index in [2.05, 4.69) is 42.2 Å². The van der Waals surface area contributed by atoms with Crippen LogP contribution in [0.1, 0.15) is 43.1 Å². The Hall–Kier alpha value is -1.88. The molecule has 1 N–H and O–H groups in total. The van der Waals surface area contributed by atoms with E-state index in [1.54, 1.807) is 6.20 Å². The van der Waals surface area contributed by atoms with Gasteiger partial charge in [0.25, 0.3) is 0 Å². The SMILES string of the molecule is CCCOc1cncc(C(NCC)c2cnn(C)c2C)c1. The molecule has 0 saturated heterocycles. The Labute approximate surface area is 126 Å². The van der Waals surface area contributed by atoms with E-state index < -0.39 is 0 Å². The molecule has 1 unspecified atom stereocenters. The van der Waals surface area contributed by atoms with Crippen molar-refractivity contribution in [3.63, 3.8) is 0 Å². The van der Waals surface area contributed by atoms with Crippen molar-refractivity contribution < 1.29 is 4.74 Å². The molecule has 2 aromatic rings. The molecule has 5 heteroatoms. The number of nitrogens with one attached hydrogen (secondary N) is 1. The summed E-state index contributed by atoms with van der Waals surface area (Å²) in [5.74, 6) is 0.818. The number of aryl methyl sites for hydroxylation is 1. The second kappa shape index (κ2) is 7.22. The van der Waals surface area contributed by atoms with Crippen molar-refractivity contribution in [3.05, 3.63) is 41.5 Å². The molecule has 0 aliphatic heterocycles. The molecule has 1 atom stereocenters. The number of hydrogen-bond donors (Lipinski definition) is 1. The molecule has 5 nitrogen and oxygen atoms in total. The van der Waals surface area contributed by atoms with Crippen LogP contribution in [-0.2, 0) is 7.05 Å². The fourth-order valence-corrected chi connectivity index (χ4v) is 2.30. The standard InChI is InChI=1S/C16H24N4O/c1-5-7-21-14-8-13(9-17-10-14)16(18-6-2)15-11-19-20(4)12(15)3/h8-11,16,18H,5-7H2,1-4H3. The van der Waals surface area contributed by atoms with Crippen molar-refractivity contribution in [2.45, 2.75) is 33.2 Å². The molecule has 0 amide bonds. The topological polar surface area (TPSA) is 52.0 Å². The van der Waals surface area contributed by atoms with Crippen LogP contribution >= 0.6 is 0 Å². The summed E-state index contributed by atoms with van der Waals surface area (Å²) in [6, 6.07) is 2.14. The van der Waals surface area contributed by atoms with Gasteiger partial charge < -0.3 is 10.1 Å². The van der Waals surface area contributed by atoms with Gasteiger partial charge in [-0.15, -0.1) is 0 Å². The highest BCUT2D eigenvalue weighted by Crippen LogP contribution is 2.26. The first-order valence-corrected chi connectivity index (χ1v) is 7.47. The van der Waals surface area contributed by atoms with E-state index >= 15 is 0 Å². The first kappa shape index (κ1) is 15.5. The Bertz CT molecular complexity index is 579. The Balaban J connectivity index is 2.32. The molecule has 0 radical (unpaired) electrons. The zero-order chi connectivity index (χ0) is 15.2. The summed E-state index contributed by atoms with van der Waals surface area (Å²) in [4.78, 5) is 4.31. The summed E-state index contributed by atoms with van der Waals surface area (Å²) >= 11 is 0. The van der Waals surface area contributed by atoms with E-state index in [-0.39, 0.29) is 6.04 Å². The molecule has 0 spiro atoms. The monoisotopic (exact) mass is 288 g/mol. The molecular weight excluding hydrogens is 264 g/mol. The molecule has 21 heavy (non-hydrogen) atoms. The maximum Gasteiger partial charge on any atom is 0.137 e. The van der Waals surface area contributed by atoms with Crippen LogP contribution in [-0.4, -0.2) is 27.9 Å². The summed E-state index contributed by atoms with van der Waals surface area (Å²) in [5, 5.41) is 7.85. The fourth-order valence-electron chi connectivity index (χ4n) is 2.30. The first-order chi connectivity index (χ1) is 10.2. The second-order valence-corrected chi connectivity index (χ2v) is 5.10. The van der Waals surface area contributed by atoms with Crippen molar-refractivity contribution in [1.29, 1.82) is 0 Å². The number of rotatable bonds is 7. The summed E-state index contributed by atoms with van der Waals surface area (Å²) < 4.78 is 7.58. The third-order valence-corrected chi connectivity index (χ3v) is 3.53. The smallest absolute Gasteiger partial charge is 0.137 e. The van der Waals surface area contributed by atoms with Crippen LogP contribution in [0.3, 0.4) is 0 Å². The van der Waals surface area contributed by atoms with Crippen LogP contribution in [0.4, 0.5) is 0 Å². The highest BCUT2D eigenvalue weighted by Gasteiger charge is 2.18. The lowest BCUT2D eigenvalue weighted by atomic mass is 10.0. The van der Waals surface area contributed by atoms with Crippen molar-refractivity contribution in [2.24, 2.45) is 7.05 Å². The van der Waals surface area contributed by atoms with E-state index in [4.69, 9.17) is 4.74 Å². The molecular formula is C16H24N4O. The van der Waals surface area contributed by atoms with E-state index in [0.29, 0.717) is 6.61 Å². The molecule has 0 bridgehead atoms. The highest BCUT2D eigenvalue weighted by atomic mass is 16.5. The maximum atomic E-state index is 5.68. The van der Waals surface area contributed by atoms with E-state index in [9.17, 15) is 0 Å². The summed E-state index contributed by atoms with van der Waals surface area (Å²) in [6.45, 7) is 7.86. The Kier molecular flexibility index (Phi) is 5.33. The minimum atomic E-state index is 0.0846. The third-order valence-electron chi connectivity index (χ3n) is 3.53. The van der Waals surface area contributed by atoms with Gasteiger partial charge in [-0.3, -0.25) is 9.67 Å². The van der Waals surface area contributed by atoms with Gasteiger partial charge in [0, 0.05) is 24.5 Å². The Morgan fingerprint density at radius 1 is 1.29 bits per heavy atom. The van der Waals surface area contributed by atoms with Gasteiger partial charge in [0.15, 0.2) is 0 Å².